The molecule has 1 N–H and O–H groups in total. The maximum absolute atomic E-state index is 5.50. The van der Waals surface area contributed by atoms with Crippen LogP contribution in [-0.4, -0.2) is 98.8 Å². The van der Waals surface area contributed by atoms with E-state index in [0.717, 1.165) is 64.4 Å². The number of unbranched alkanes of at least 4 members (excludes halogenated alkanes) is 1. The maximum atomic E-state index is 5.50. The number of guanidine groups is 1. The number of nitrogens with one attached hydrogen (secondary N) is 1. The Labute approximate surface area is 166 Å². The minimum Gasteiger partial charge on any atom is -0.379 e. The van der Waals surface area contributed by atoms with Gasteiger partial charge < -0.3 is 19.9 Å². The molecule has 156 valence electrons. The molecule has 3 aliphatic rings. The fraction of sp³-hybridized carbons (Fsp3) is 0.952. The Balaban J connectivity index is 1.37. The summed E-state index contributed by atoms with van der Waals surface area (Å²) in [5, 5.41) is 3.52. The van der Waals surface area contributed by atoms with Crippen LogP contribution in [0.4, 0.5) is 0 Å². The van der Waals surface area contributed by atoms with Gasteiger partial charge in [-0.2, -0.15) is 0 Å². The predicted molar refractivity (Wildman–Crippen MR) is 112 cm³/mol. The monoisotopic (exact) mass is 379 g/mol. The number of hydrogen-bond donors (Lipinski definition) is 1. The van der Waals surface area contributed by atoms with Crippen molar-refractivity contribution < 1.29 is 4.74 Å². The Morgan fingerprint density at radius 1 is 1.04 bits per heavy atom. The molecular formula is C21H41N5O. The lowest BCUT2D eigenvalue weighted by Gasteiger charge is -2.32. The van der Waals surface area contributed by atoms with Crippen LogP contribution in [0.2, 0.25) is 0 Å². The van der Waals surface area contributed by atoms with Crippen LogP contribution in [0.3, 0.4) is 0 Å². The summed E-state index contributed by atoms with van der Waals surface area (Å²) in [6, 6.07) is 0.666. The molecule has 0 bridgehead atoms. The second-order valence-electron chi connectivity index (χ2n) is 8.50. The van der Waals surface area contributed by atoms with E-state index in [1.54, 1.807) is 0 Å². The summed E-state index contributed by atoms with van der Waals surface area (Å²) in [6.07, 6.45) is 6.47. The van der Waals surface area contributed by atoms with Crippen LogP contribution in [0.25, 0.3) is 0 Å². The molecule has 6 nitrogen and oxygen atoms in total. The molecule has 3 heterocycles. The van der Waals surface area contributed by atoms with Crippen molar-refractivity contribution in [2.75, 3.05) is 72.1 Å². The SMILES string of the molecule is CCNC(=NCCCCN1CCC(C)CC1)N1CCC(N2CCOCC2)C1. The van der Waals surface area contributed by atoms with E-state index in [9.17, 15) is 0 Å². The number of piperidine rings is 1. The zero-order valence-electron chi connectivity index (χ0n) is 17.7. The zero-order valence-corrected chi connectivity index (χ0v) is 17.7. The predicted octanol–water partition coefficient (Wildman–Crippen LogP) is 1.87. The van der Waals surface area contributed by atoms with E-state index in [1.807, 2.05) is 0 Å². The highest BCUT2D eigenvalue weighted by atomic mass is 16.5. The van der Waals surface area contributed by atoms with Crippen molar-refractivity contribution in [3.8, 4) is 0 Å². The molecule has 0 aliphatic carbocycles. The standard InChI is InChI=1S/C21H41N5O/c1-3-22-21(23-9-4-5-10-24-11-6-19(2)7-12-24)26-13-8-20(18-26)25-14-16-27-17-15-25/h19-20H,3-18H2,1-2H3,(H,22,23). The average Bonchev–Trinajstić information content (AvgIpc) is 3.19. The van der Waals surface area contributed by atoms with Gasteiger partial charge in [0.2, 0.25) is 0 Å². The molecule has 1 atom stereocenters. The number of nitrogens with zero attached hydrogens (tertiary/aromatic N) is 4. The third-order valence-electron chi connectivity index (χ3n) is 6.38. The van der Waals surface area contributed by atoms with Crippen molar-refractivity contribution in [2.45, 2.75) is 52.0 Å². The van der Waals surface area contributed by atoms with Crippen molar-refractivity contribution in [1.82, 2.24) is 20.0 Å². The Kier molecular flexibility index (Phi) is 8.68. The van der Waals surface area contributed by atoms with E-state index >= 15 is 0 Å². The topological polar surface area (TPSA) is 43.3 Å². The highest BCUT2D eigenvalue weighted by molar-refractivity contribution is 5.80. The van der Waals surface area contributed by atoms with Crippen LogP contribution >= 0.6 is 0 Å². The fourth-order valence-corrected chi connectivity index (χ4v) is 4.52. The second kappa shape index (κ2) is 11.2. The van der Waals surface area contributed by atoms with Crippen LogP contribution in [-0.2, 0) is 4.74 Å². The van der Waals surface area contributed by atoms with Gasteiger partial charge >= 0.3 is 0 Å². The lowest BCUT2D eigenvalue weighted by atomic mass is 9.99. The van der Waals surface area contributed by atoms with Crippen LogP contribution in [0.15, 0.2) is 4.99 Å². The molecule has 3 rings (SSSR count). The molecule has 0 spiro atoms. The van der Waals surface area contributed by atoms with Gasteiger partial charge in [-0.1, -0.05) is 6.92 Å². The van der Waals surface area contributed by atoms with Crippen molar-refractivity contribution in [3.05, 3.63) is 0 Å². The summed E-state index contributed by atoms with van der Waals surface area (Å²) >= 11 is 0. The molecule has 3 saturated heterocycles. The first-order chi connectivity index (χ1) is 13.3. The van der Waals surface area contributed by atoms with E-state index in [0.29, 0.717) is 6.04 Å². The van der Waals surface area contributed by atoms with E-state index in [1.165, 1.54) is 51.7 Å². The fourth-order valence-electron chi connectivity index (χ4n) is 4.52. The van der Waals surface area contributed by atoms with Crippen molar-refractivity contribution >= 4 is 5.96 Å². The first kappa shape index (κ1) is 20.9. The molecule has 1 unspecified atom stereocenters. The number of likely N-dealkylation sites (tertiary alicyclic amines) is 2. The Bertz CT molecular complexity index is 444. The smallest absolute Gasteiger partial charge is 0.193 e. The van der Waals surface area contributed by atoms with Crippen LogP contribution in [0, 0.1) is 5.92 Å². The minimum absolute atomic E-state index is 0.666. The molecule has 0 amide bonds. The minimum atomic E-state index is 0.666. The Hall–Kier alpha value is -0.850. The van der Waals surface area contributed by atoms with Gasteiger partial charge in [0.25, 0.3) is 0 Å². The zero-order chi connectivity index (χ0) is 18.9. The highest BCUT2D eigenvalue weighted by Crippen LogP contribution is 2.18. The summed E-state index contributed by atoms with van der Waals surface area (Å²) in [5.41, 5.74) is 0. The van der Waals surface area contributed by atoms with Crippen molar-refractivity contribution in [2.24, 2.45) is 10.9 Å². The summed E-state index contributed by atoms with van der Waals surface area (Å²) in [4.78, 5) is 12.7. The second-order valence-corrected chi connectivity index (χ2v) is 8.50. The first-order valence-corrected chi connectivity index (χ1v) is 11.3. The molecule has 0 radical (unpaired) electrons. The van der Waals surface area contributed by atoms with Gasteiger partial charge in [-0.05, 0) is 64.6 Å². The largest absolute Gasteiger partial charge is 0.379 e. The lowest BCUT2D eigenvalue weighted by Crippen LogP contribution is -2.46. The number of morpholine rings is 1. The van der Waals surface area contributed by atoms with E-state index in [2.05, 4.69) is 33.9 Å². The van der Waals surface area contributed by atoms with Gasteiger partial charge in [0.1, 0.15) is 0 Å². The van der Waals surface area contributed by atoms with Crippen LogP contribution in [0.5, 0.6) is 0 Å². The van der Waals surface area contributed by atoms with Crippen LogP contribution in [0.1, 0.15) is 46.0 Å². The van der Waals surface area contributed by atoms with Gasteiger partial charge in [0, 0.05) is 45.3 Å². The molecule has 27 heavy (non-hydrogen) atoms. The van der Waals surface area contributed by atoms with Gasteiger partial charge in [-0.15, -0.1) is 0 Å². The quantitative estimate of drug-likeness (QED) is 0.416. The number of ether oxygens (including phenoxy) is 1. The van der Waals surface area contributed by atoms with Gasteiger partial charge in [0.05, 0.1) is 13.2 Å². The van der Waals surface area contributed by atoms with E-state index in [-0.39, 0.29) is 0 Å². The highest BCUT2D eigenvalue weighted by Gasteiger charge is 2.30. The Morgan fingerprint density at radius 2 is 1.81 bits per heavy atom. The number of hydrogen-bond acceptors (Lipinski definition) is 4. The Morgan fingerprint density at radius 3 is 2.56 bits per heavy atom. The molecule has 3 fully saturated rings. The van der Waals surface area contributed by atoms with Crippen molar-refractivity contribution in [1.29, 1.82) is 0 Å². The third kappa shape index (κ3) is 6.61. The molecule has 0 aromatic rings. The number of rotatable bonds is 7. The van der Waals surface area contributed by atoms with Gasteiger partial charge in [-0.3, -0.25) is 9.89 Å². The lowest BCUT2D eigenvalue weighted by molar-refractivity contribution is 0.0195. The molecule has 0 saturated carbocycles. The summed E-state index contributed by atoms with van der Waals surface area (Å²) in [6.45, 7) is 16.5. The summed E-state index contributed by atoms with van der Waals surface area (Å²) < 4.78 is 5.50. The molecular weight excluding hydrogens is 338 g/mol. The average molecular weight is 380 g/mol. The van der Waals surface area contributed by atoms with Crippen LogP contribution < -0.4 is 5.32 Å². The van der Waals surface area contributed by atoms with Gasteiger partial charge in [0.15, 0.2) is 5.96 Å². The summed E-state index contributed by atoms with van der Waals surface area (Å²) in [5.74, 6) is 2.05. The normalized spacial score (nSPS) is 26.7. The van der Waals surface area contributed by atoms with Gasteiger partial charge in [-0.25, -0.2) is 0 Å². The number of aliphatic imine (C=N–C) groups is 1. The third-order valence-corrected chi connectivity index (χ3v) is 6.38. The summed E-state index contributed by atoms with van der Waals surface area (Å²) in [7, 11) is 0. The molecule has 0 aromatic carbocycles. The van der Waals surface area contributed by atoms with Crippen molar-refractivity contribution in [3.63, 3.8) is 0 Å². The maximum Gasteiger partial charge on any atom is 0.193 e. The van der Waals surface area contributed by atoms with E-state index in [4.69, 9.17) is 9.73 Å². The van der Waals surface area contributed by atoms with E-state index < -0.39 is 0 Å². The first-order valence-electron chi connectivity index (χ1n) is 11.3. The molecule has 6 heteroatoms. The molecule has 3 aliphatic heterocycles. The molecule has 0 aromatic heterocycles.